The Labute approximate surface area is 121 Å². The molecular weight excluding hydrogens is 252 g/mol. The number of carboxylic acids is 1. The molecule has 110 valence electrons. The Morgan fingerprint density at radius 1 is 1.20 bits per heavy atom. The second-order valence-corrected chi connectivity index (χ2v) is 6.13. The zero-order valence-corrected chi connectivity index (χ0v) is 12.3. The lowest BCUT2D eigenvalue weighted by atomic mass is 9.82. The molecule has 0 radical (unpaired) electrons. The highest BCUT2D eigenvalue weighted by atomic mass is 16.5. The third-order valence-corrected chi connectivity index (χ3v) is 3.97. The minimum absolute atomic E-state index is 0.364. The lowest BCUT2D eigenvalue weighted by Crippen LogP contribution is -2.22. The minimum Gasteiger partial charge on any atom is -0.478 e. The first-order chi connectivity index (χ1) is 9.56. The molecule has 0 aromatic heterocycles. The minimum atomic E-state index is -0.859. The van der Waals surface area contributed by atoms with Crippen LogP contribution in [0.15, 0.2) is 24.3 Å². The third-order valence-electron chi connectivity index (χ3n) is 3.97. The molecule has 0 saturated heterocycles. The summed E-state index contributed by atoms with van der Waals surface area (Å²) >= 11 is 0. The lowest BCUT2D eigenvalue weighted by molar-refractivity contribution is 0.0104. The van der Waals surface area contributed by atoms with Crippen LogP contribution in [0.25, 0.3) is 0 Å². The number of carboxylic acid groups (broad SMARTS) is 1. The van der Waals surface area contributed by atoms with Gasteiger partial charge < -0.3 is 9.84 Å². The Balaban J connectivity index is 1.85. The Hall–Kier alpha value is -1.35. The standard InChI is InChI=1S/C17H24O3/c1-12(2)11-20-16-9-7-14(8-10-16)13-3-5-15(6-4-13)17(18)19/h3-6,12,14,16H,7-11H2,1-2H3,(H,18,19). The fourth-order valence-electron chi connectivity index (χ4n) is 2.79. The summed E-state index contributed by atoms with van der Waals surface area (Å²) in [6.45, 7) is 5.20. The van der Waals surface area contributed by atoms with E-state index in [9.17, 15) is 4.79 Å². The van der Waals surface area contributed by atoms with Gasteiger partial charge >= 0.3 is 5.97 Å². The zero-order valence-electron chi connectivity index (χ0n) is 12.3. The quantitative estimate of drug-likeness (QED) is 0.881. The molecule has 0 aliphatic heterocycles. The van der Waals surface area contributed by atoms with E-state index in [1.165, 1.54) is 5.56 Å². The fourth-order valence-corrected chi connectivity index (χ4v) is 2.79. The molecule has 0 unspecified atom stereocenters. The van der Waals surface area contributed by atoms with Gasteiger partial charge in [0.25, 0.3) is 0 Å². The highest BCUT2D eigenvalue weighted by Gasteiger charge is 2.23. The number of carbonyl (C=O) groups is 1. The molecule has 1 aromatic carbocycles. The van der Waals surface area contributed by atoms with Crippen LogP contribution in [-0.2, 0) is 4.74 Å². The van der Waals surface area contributed by atoms with Crippen molar-refractivity contribution in [2.45, 2.75) is 51.6 Å². The molecule has 3 nitrogen and oxygen atoms in total. The Morgan fingerprint density at radius 2 is 1.80 bits per heavy atom. The molecule has 1 fully saturated rings. The van der Waals surface area contributed by atoms with Gasteiger partial charge in [-0.15, -0.1) is 0 Å². The first kappa shape index (κ1) is 15.0. The third kappa shape index (κ3) is 4.07. The number of rotatable bonds is 5. The predicted octanol–water partition coefficient (Wildman–Crippen LogP) is 4.08. The smallest absolute Gasteiger partial charge is 0.335 e. The van der Waals surface area contributed by atoms with Gasteiger partial charge in [0.2, 0.25) is 0 Å². The van der Waals surface area contributed by atoms with Gasteiger partial charge in [0.15, 0.2) is 0 Å². The van der Waals surface area contributed by atoms with E-state index in [4.69, 9.17) is 9.84 Å². The summed E-state index contributed by atoms with van der Waals surface area (Å²) in [6.07, 6.45) is 4.90. The van der Waals surface area contributed by atoms with Crippen LogP contribution in [0.1, 0.15) is 61.4 Å². The van der Waals surface area contributed by atoms with E-state index in [0.29, 0.717) is 23.5 Å². The number of hydrogen-bond donors (Lipinski definition) is 1. The molecule has 1 aliphatic rings. The molecule has 0 heterocycles. The van der Waals surface area contributed by atoms with Crippen LogP contribution in [0.2, 0.25) is 0 Å². The Morgan fingerprint density at radius 3 is 2.30 bits per heavy atom. The SMILES string of the molecule is CC(C)COC1CCC(c2ccc(C(=O)O)cc2)CC1. The molecule has 1 aromatic rings. The van der Waals surface area contributed by atoms with E-state index in [2.05, 4.69) is 13.8 Å². The number of benzene rings is 1. The van der Waals surface area contributed by atoms with Gasteiger partial charge in [-0.1, -0.05) is 26.0 Å². The molecule has 0 atom stereocenters. The molecule has 1 N–H and O–H groups in total. The van der Waals surface area contributed by atoms with Crippen LogP contribution in [0, 0.1) is 5.92 Å². The van der Waals surface area contributed by atoms with Crippen molar-refractivity contribution in [3.8, 4) is 0 Å². The van der Waals surface area contributed by atoms with Crippen molar-refractivity contribution in [3.05, 3.63) is 35.4 Å². The fraction of sp³-hybridized carbons (Fsp3) is 0.588. The van der Waals surface area contributed by atoms with Crippen LogP contribution in [0.5, 0.6) is 0 Å². The summed E-state index contributed by atoms with van der Waals surface area (Å²) < 4.78 is 5.90. The van der Waals surface area contributed by atoms with Crippen LogP contribution < -0.4 is 0 Å². The van der Waals surface area contributed by atoms with E-state index >= 15 is 0 Å². The van der Waals surface area contributed by atoms with Crippen LogP contribution >= 0.6 is 0 Å². The van der Waals surface area contributed by atoms with Crippen molar-refractivity contribution in [1.82, 2.24) is 0 Å². The molecule has 0 spiro atoms. The zero-order chi connectivity index (χ0) is 14.5. The summed E-state index contributed by atoms with van der Waals surface area (Å²) in [7, 11) is 0. The maximum atomic E-state index is 10.8. The molecule has 1 aliphatic carbocycles. The average molecular weight is 276 g/mol. The second-order valence-electron chi connectivity index (χ2n) is 6.13. The number of hydrogen-bond acceptors (Lipinski definition) is 2. The molecule has 3 heteroatoms. The van der Waals surface area contributed by atoms with Crippen molar-refractivity contribution >= 4 is 5.97 Å². The lowest BCUT2D eigenvalue weighted by Gasteiger charge is -2.29. The highest BCUT2D eigenvalue weighted by molar-refractivity contribution is 5.87. The molecular formula is C17H24O3. The molecule has 2 rings (SSSR count). The predicted molar refractivity (Wildman–Crippen MR) is 79.2 cm³/mol. The summed E-state index contributed by atoms with van der Waals surface area (Å²) in [6, 6.07) is 7.34. The Bertz CT molecular complexity index is 428. The molecule has 0 bridgehead atoms. The van der Waals surface area contributed by atoms with Crippen LogP contribution in [0.3, 0.4) is 0 Å². The average Bonchev–Trinajstić information content (AvgIpc) is 2.46. The van der Waals surface area contributed by atoms with E-state index in [-0.39, 0.29) is 0 Å². The van der Waals surface area contributed by atoms with Gasteiger partial charge in [-0.25, -0.2) is 4.79 Å². The first-order valence-corrected chi connectivity index (χ1v) is 7.51. The summed E-state index contributed by atoms with van der Waals surface area (Å²) in [5.41, 5.74) is 1.63. The van der Waals surface area contributed by atoms with Crippen molar-refractivity contribution in [3.63, 3.8) is 0 Å². The van der Waals surface area contributed by atoms with Crippen molar-refractivity contribution in [1.29, 1.82) is 0 Å². The molecule has 0 amide bonds. The van der Waals surface area contributed by atoms with Gasteiger partial charge in [-0.3, -0.25) is 0 Å². The Kier molecular flexibility index (Phi) is 5.18. The van der Waals surface area contributed by atoms with E-state index in [0.717, 1.165) is 32.3 Å². The van der Waals surface area contributed by atoms with Crippen molar-refractivity contribution in [2.75, 3.05) is 6.61 Å². The summed E-state index contributed by atoms with van der Waals surface area (Å²) in [4.78, 5) is 10.8. The second kappa shape index (κ2) is 6.89. The summed E-state index contributed by atoms with van der Waals surface area (Å²) in [5.74, 6) is 0.287. The maximum absolute atomic E-state index is 10.8. The van der Waals surface area contributed by atoms with E-state index in [1.807, 2.05) is 12.1 Å². The number of aromatic carboxylic acids is 1. The largest absolute Gasteiger partial charge is 0.478 e. The van der Waals surface area contributed by atoms with Crippen molar-refractivity contribution < 1.29 is 14.6 Å². The maximum Gasteiger partial charge on any atom is 0.335 e. The van der Waals surface area contributed by atoms with E-state index in [1.54, 1.807) is 12.1 Å². The normalized spacial score (nSPS) is 22.9. The molecule has 20 heavy (non-hydrogen) atoms. The molecule has 1 saturated carbocycles. The first-order valence-electron chi connectivity index (χ1n) is 7.51. The monoisotopic (exact) mass is 276 g/mol. The van der Waals surface area contributed by atoms with E-state index < -0.39 is 5.97 Å². The van der Waals surface area contributed by atoms with Gasteiger partial charge in [0.05, 0.1) is 11.7 Å². The highest BCUT2D eigenvalue weighted by Crippen LogP contribution is 2.34. The number of ether oxygens (including phenoxy) is 1. The van der Waals surface area contributed by atoms with Gasteiger partial charge in [-0.2, -0.15) is 0 Å². The van der Waals surface area contributed by atoms with Crippen LogP contribution in [0.4, 0.5) is 0 Å². The van der Waals surface area contributed by atoms with Gasteiger partial charge in [-0.05, 0) is 55.2 Å². The topological polar surface area (TPSA) is 46.5 Å². The van der Waals surface area contributed by atoms with Crippen molar-refractivity contribution in [2.24, 2.45) is 5.92 Å². The summed E-state index contributed by atoms with van der Waals surface area (Å²) in [5, 5.41) is 8.91. The van der Waals surface area contributed by atoms with Gasteiger partial charge in [0.1, 0.15) is 0 Å². The van der Waals surface area contributed by atoms with Gasteiger partial charge in [0, 0.05) is 6.61 Å². The van der Waals surface area contributed by atoms with Crippen LogP contribution in [-0.4, -0.2) is 23.8 Å².